The predicted octanol–water partition coefficient (Wildman–Crippen LogP) is 6.38. The van der Waals surface area contributed by atoms with Crippen LogP contribution < -0.4 is 4.90 Å². The fraction of sp³-hybridized carbons (Fsp3) is 0.190. The van der Waals surface area contributed by atoms with E-state index in [0.717, 1.165) is 15.8 Å². The molecule has 0 bridgehead atoms. The molecule has 3 aromatic heterocycles. The van der Waals surface area contributed by atoms with E-state index < -0.39 is 0 Å². The minimum atomic E-state index is -0.106. The largest absolute Gasteiger partial charge is 0.279 e. The van der Waals surface area contributed by atoms with E-state index >= 15 is 0 Å². The van der Waals surface area contributed by atoms with Gasteiger partial charge in [0.1, 0.15) is 0 Å². The molecule has 3 heterocycles. The number of aromatic nitrogens is 2. The van der Waals surface area contributed by atoms with E-state index in [0.29, 0.717) is 26.8 Å². The third-order valence-electron chi connectivity index (χ3n) is 4.38. The van der Waals surface area contributed by atoms with Crippen molar-refractivity contribution in [1.82, 2.24) is 9.97 Å². The fourth-order valence-electron chi connectivity index (χ4n) is 3.00. The SMILES string of the molecule is CC(C)c1cccc2sc(N(Cc3cccnc3)C(=O)c3ccc(Cl)s3)nc12. The number of thiazole rings is 1. The molecular weight excluding hydrogens is 410 g/mol. The van der Waals surface area contributed by atoms with Crippen molar-refractivity contribution in [1.29, 1.82) is 0 Å². The van der Waals surface area contributed by atoms with E-state index in [4.69, 9.17) is 16.6 Å². The third kappa shape index (κ3) is 3.81. The van der Waals surface area contributed by atoms with Gasteiger partial charge in [0, 0.05) is 12.4 Å². The van der Waals surface area contributed by atoms with E-state index in [1.807, 2.05) is 18.2 Å². The predicted molar refractivity (Wildman–Crippen MR) is 118 cm³/mol. The Labute approximate surface area is 176 Å². The van der Waals surface area contributed by atoms with Crippen LogP contribution in [0.5, 0.6) is 0 Å². The van der Waals surface area contributed by atoms with Crippen LogP contribution >= 0.6 is 34.3 Å². The number of carbonyl (C=O) groups is 1. The molecule has 28 heavy (non-hydrogen) atoms. The molecule has 142 valence electrons. The number of hydrogen-bond acceptors (Lipinski definition) is 5. The molecule has 0 unspecified atom stereocenters. The highest BCUT2D eigenvalue weighted by molar-refractivity contribution is 7.22. The number of rotatable bonds is 5. The van der Waals surface area contributed by atoms with Gasteiger partial charge in [0.25, 0.3) is 5.91 Å². The Balaban J connectivity index is 1.79. The second-order valence-corrected chi connectivity index (χ2v) is 9.43. The zero-order valence-electron chi connectivity index (χ0n) is 15.4. The van der Waals surface area contributed by atoms with Gasteiger partial charge in [0.15, 0.2) is 5.13 Å². The Bertz CT molecular complexity index is 1120. The topological polar surface area (TPSA) is 46.1 Å². The normalized spacial score (nSPS) is 11.3. The summed E-state index contributed by atoms with van der Waals surface area (Å²) in [6, 6.07) is 13.5. The zero-order valence-corrected chi connectivity index (χ0v) is 17.8. The standard InChI is InChI=1S/C21H18ClN3OS2/c1-13(2)15-6-3-7-16-19(15)24-21(28-16)25(12-14-5-4-10-23-11-14)20(26)17-8-9-18(22)27-17/h3-11,13H,12H2,1-2H3. The molecule has 0 aliphatic carbocycles. The zero-order chi connectivity index (χ0) is 19.7. The van der Waals surface area contributed by atoms with Crippen molar-refractivity contribution in [2.24, 2.45) is 0 Å². The highest BCUT2D eigenvalue weighted by Gasteiger charge is 2.24. The first-order valence-corrected chi connectivity index (χ1v) is 10.9. The smallest absolute Gasteiger partial charge is 0.270 e. The maximum atomic E-state index is 13.3. The first kappa shape index (κ1) is 19.1. The van der Waals surface area contributed by atoms with Gasteiger partial charge in [0.2, 0.25) is 0 Å². The van der Waals surface area contributed by atoms with E-state index in [1.165, 1.54) is 28.2 Å². The van der Waals surface area contributed by atoms with Crippen molar-refractivity contribution in [3.63, 3.8) is 0 Å². The van der Waals surface area contributed by atoms with Gasteiger partial charge in [-0.05, 0) is 41.3 Å². The summed E-state index contributed by atoms with van der Waals surface area (Å²) >= 11 is 8.87. The van der Waals surface area contributed by atoms with Gasteiger partial charge in [0.05, 0.1) is 26.0 Å². The summed E-state index contributed by atoms with van der Waals surface area (Å²) in [6.45, 7) is 4.71. The molecule has 1 aromatic carbocycles. The van der Waals surface area contributed by atoms with Crippen molar-refractivity contribution in [2.45, 2.75) is 26.3 Å². The van der Waals surface area contributed by atoms with Crippen LogP contribution in [0.2, 0.25) is 4.34 Å². The monoisotopic (exact) mass is 427 g/mol. The van der Waals surface area contributed by atoms with E-state index in [1.54, 1.807) is 29.4 Å². The van der Waals surface area contributed by atoms with Crippen LogP contribution in [0, 0.1) is 0 Å². The van der Waals surface area contributed by atoms with Crippen LogP contribution in [0.25, 0.3) is 10.2 Å². The summed E-state index contributed by atoms with van der Waals surface area (Å²) in [5.74, 6) is 0.253. The number of carbonyl (C=O) groups excluding carboxylic acids is 1. The molecule has 0 saturated carbocycles. The number of pyridine rings is 1. The first-order valence-electron chi connectivity index (χ1n) is 8.88. The molecule has 0 atom stereocenters. The summed E-state index contributed by atoms with van der Waals surface area (Å²) in [7, 11) is 0. The van der Waals surface area contributed by atoms with Crippen LogP contribution in [0.1, 0.15) is 40.6 Å². The molecule has 0 spiro atoms. The average Bonchev–Trinajstić information content (AvgIpc) is 3.32. The molecule has 4 aromatic rings. The van der Waals surface area contributed by atoms with Gasteiger partial charge in [-0.1, -0.05) is 55.0 Å². The van der Waals surface area contributed by atoms with E-state index in [2.05, 4.69) is 31.0 Å². The number of halogens is 1. The molecule has 4 nitrogen and oxygen atoms in total. The maximum absolute atomic E-state index is 13.3. The highest BCUT2D eigenvalue weighted by Crippen LogP contribution is 2.35. The molecule has 0 saturated heterocycles. The number of fused-ring (bicyclic) bond motifs is 1. The van der Waals surface area contributed by atoms with E-state index in [9.17, 15) is 4.79 Å². The summed E-state index contributed by atoms with van der Waals surface area (Å²) in [4.78, 5) is 24.6. The van der Waals surface area contributed by atoms with Crippen LogP contribution in [0.15, 0.2) is 54.9 Å². The lowest BCUT2D eigenvalue weighted by atomic mass is 10.0. The van der Waals surface area contributed by atoms with Crippen LogP contribution in [-0.4, -0.2) is 15.9 Å². The van der Waals surface area contributed by atoms with Crippen LogP contribution in [0.3, 0.4) is 0 Å². The summed E-state index contributed by atoms with van der Waals surface area (Å²) in [5.41, 5.74) is 3.10. The number of nitrogens with zero attached hydrogens (tertiary/aromatic N) is 3. The van der Waals surface area contributed by atoms with E-state index in [-0.39, 0.29) is 5.91 Å². The lowest BCUT2D eigenvalue weighted by Gasteiger charge is -2.19. The van der Waals surface area contributed by atoms with Gasteiger partial charge >= 0.3 is 0 Å². The molecule has 0 aliphatic rings. The Kier molecular flexibility index (Phi) is 5.44. The quantitative estimate of drug-likeness (QED) is 0.371. The molecule has 4 rings (SSSR count). The van der Waals surface area contributed by atoms with Gasteiger partial charge < -0.3 is 0 Å². The number of amides is 1. The number of benzene rings is 1. The summed E-state index contributed by atoms with van der Waals surface area (Å²) < 4.78 is 1.67. The lowest BCUT2D eigenvalue weighted by molar-refractivity contribution is 0.0989. The van der Waals surface area contributed by atoms with Gasteiger partial charge in [-0.15, -0.1) is 11.3 Å². The minimum Gasteiger partial charge on any atom is -0.279 e. The van der Waals surface area contributed by atoms with Gasteiger partial charge in [-0.25, -0.2) is 4.98 Å². The van der Waals surface area contributed by atoms with Crippen molar-refractivity contribution < 1.29 is 4.79 Å². The molecule has 0 fully saturated rings. The van der Waals surface area contributed by atoms with Crippen molar-refractivity contribution in [3.05, 3.63) is 75.2 Å². The van der Waals surface area contributed by atoms with Gasteiger partial charge in [-0.3, -0.25) is 14.7 Å². The highest BCUT2D eigenvalue weighted by atomic mass is 35.5. The Morgan fingerprint density at radius 3 is 2.68 bits per heavy atom. The second kappa shape index (κ2) is 7.99. The summed E-state index contributed by atoms with van der Waals surface area (Å²) in [6.07, 6.45) is 3.50. The Hall–Kier alpha value is -2.28. The number of thiophene rings is 1. The molecule has 0 aliphatic heterocycles. The molecule has 0 radical (unpaired) electrons. The van der Waals surface area contributed by atoms with Crippen molar-refractivity contribution in [3.8, 4) is 0 Å². The maximum Gasteiger partial charge on any atom is 0.270 e. The molecular formula is C21H18ClN3OS2. The third-order valence-corrected chi connectivity index (χ3v) is 6.65. The Morgan fingerprint density at radius 1 is 1.14 bits per heavy atom. The average molecular weight is 428 g/mol. The lowest BCUT2D eigenvalue weighted by Crippen LogP contribution is -2.29. The second-order valence-electron chi connectivity index (χ2n) is 6.70. The molecule has 0 N–H and O–H groups in total. The van der Waals surface area contributed by atoms with Crippen LogP contribution in [0.4, 0.5) is 5.13 Å². The number of anilines is 1. The first-order chi connectivity index (χ1) is 13.5. The van der Waals surface area contributed by atoms with Crippen molar-refractivity contribution in [2.75, 3.05) is 4.90 Å². The fourth-order valence-corrected chi connectivity index (χ4v) is 4.99. The minimum absolute atomic E-state index is 0.106. The summed E-state index contributed by atoms with van der Waals surface area (Å²) in [5, 5.41) is 0.682. The number of para-hydroxylation sites is 1. The van der Waals surface area contributed by atoms with Crippen LogP contribution in [-0.2, 0) is 6.54 Å². The molecule has 1 amide bonds. The molecule has 7 heteroatoms. The van der Waals surface area contributed by atoms with Gasteiger partial charge in [-0.2, -0.15) is 0 Å². The van der Waals surface area contributed by atoms with Crippen molar-refractivity contribution >= 4 is 55.5 Å². The Morgan fingerprint density at radius 2 is 2.00 bits per heavy atom. The number of hydrogen-bond donors (Lipinski definition) is 0.